The van der Waals surface area contributed by atoms with Gasteiger partial charge in [-0.15, -0.1) is 0 Å². The highest BCUT2D eigenvalue weighted by Crippen LogP contribution is 2.59. The van der Waals surface area contributed by atoms with Crippen LogP contribution in [0, 0.1) is 17.3 Å². The minimum absolute atomic E-state index is 0.531. The lowest BCUT2D eigenvalue weighted by Gasteiger charge is -1.96. The van der Waals surface area contributed by atoms with E-state index >= 15 is 0 Å². The first-order valence-corrected chi connectivity index (χ1v) is 4.12. The number of halogens is 1. The lowest BCUT2D eigenvalue weighted by molar-refractivity contribution is -0.139. The van der Waals surface area contributed by atoms with Crippen LogP contribution in [-0.2, 0) is 9.59 Å². The number of aliphatic carboxylic acids is 2. The van der Waals surface area contributed by atoms with Gasteiger partial charge in [-0.25, -0.2) is 4.79 Å². The average Bonchev–Trinajstić information content (AvgIpc) is 2.52. The molecular formula is C9H11FO4. The predicted molar refractivity (Wildman–Crippen MR) is 45.2 cm³/mol. The normalized spacial score (nSPS) is 29.8. The van der Waals surface area contributed by atoms with Crippen LogP contribution in [-0.4, -0.2) is 22.2 Å². The molecule has 2 N–H and O–H groups in total. The fourth-order valence-electron chi connectivity index (χ4n) is 1.69. The maximum absolute atomic E-state index is 12.7. The van der Waals surface area contributed by atoms with Crippen LogP contribution in [0.25, 0.3) is 0 Å². The van der Waals surface area contributed by atoms with Gasteiger partial charge < -0.3 is 10.2 Å². The molecule has 1 aliphatic rings. The number of hydrogen-bond acceptors (Lipinski definition) is 2. The fourth-order valence-corrected chi connectivity index (χ4v) is 1.69. The molecule has 0 spiro atoms. The first-order chi connectivity index (χ1) is 6.28. The molecule has 2 atom stereocenters. The molecule has 0 bridgehead atoms. The van der Waals surface area contributed by atoms with Gasteiger partial charge >= 0.3 is 11.9 Å². The summed E-state index contributed by atoms with van der Waals surface area (Å²) in [5, 5.41) is 17.0. The third kappa shape index (κ3) is 1.62. The summed E-state index contributed by atoms with van der Waals surface area (Å²) in [7, 11) is 0. The van der Waals surface area contributed by atoms with Crippen LogP contribution in [0.2, 0.25) is 0 Å². The van der Waals surface area contributed by atoms with Crippen LogP contribution < -0.4 is 0 Å². The Hall–Kier alpha value is -1.39. The number of carboxylic acid groups (broad SMARTS) is 2. The molecule has 0 unspecified atom stereocenters. The number of carboxylic acids is 2. The molecule has 1 fully saturated rings. The van der Waals surface area contributed by atoms with Crippen LogP contribution in [0.15, 0.2) is 11.9 Å². The smallest absolute Gasteiger partial charge is 0.364 e. The largest absolute Gasteiger partial charge is 0.481 e. The zero-order valence-corrected chi connectivity index (χ0v) is 7.82. The second-order valence-electron chi connectivity index (χ2n) is 3.98. The van der Waals surface area contributed by atoms with Crippen molar-refractivity contribution in [3.05, 3.63) is 11.9 Å². The molecule has 14 heavy (non-hydrogen) atoms. The molecule has 1 saturated carbocycles. The molecule has 1 aliphatic carbocycles. The third-order valence-corrected chi connectivity index (χ3v) is 2.71. The minimum Gasteiger partial charge on any atom is -0.481 e. The summed E-state index contributed by atoms with van der Waals surface area (Å²) in [5.74, 6) is -5.18. The van der Waals surface area contributed by atoms with E-state index in [2.05, 4.69) is 0 Å². The van der Waals surface area contributed by atoms with E-state index in [9.17, 15) is 14.0 Å². The molecule has 4 nitrogen and oxygen atoms in total. The van der Waals surface area contributed by atoms with E-state index in [1.54, 1.807) is 13.8 Å². The molecule has 78 valence electrons. The molecular weight excluding hydrogens is 191 g/mol. The highest BCUT2D eigenvalue weighted by Gasteiger charge is 2.61. The summed E-state index contributed by atoms with van der Waals surface area (Å²) in [6.45, 7) is 3.34. The lowest BCUT2D eigenvalue weighted by Crippen LogP contribution is -2.03. The summed E-state index contributed by atoms with van der Waals surface area (Å²) in [6, 6.07) is 0. The molecule has 0 saturated heterocycles. The van der Waals surface area contributed by atoms with Crippen LogP contribution in [0.4, 0.5) is 4.39 Å². The van der Waals surface area contributed by atoms with E-state index in [-0.39, 0.29) is 0 Å². The highest BCUT2D eigenvalue weighted by atomic mass is 19.1. The van der Waals surface area contributed by atoms with Gasteiger partial charge in [0.25, 0.3) is 0 Å². The van der Waals surface area contributed by atoms with Crippen molar-refractivity contribution in [2.24, 2.45) is 17.3 Å². The summed E-state index contributed by atoms with van der Waals surface area (Å²) in [5.41, 5.74) is -0.557. The minimum atomic E-state index is -1.66. The maximum atomic E-state index is 12.7. The van der Waals surface area contributed by atoms with Gasteiger partial charge in [0.1, 0.15) is 0 Å². The topological polar surface area (TPSA) is 74.6 Å². The van der Waals surface area contributed by atoms with Gasteiger partial charge in [0.2, 0.25) is 5.83 Å². The highest BCUT2D eigenvalue weighted by molar-refractivity contribution is 5.84. The molecule has 0 aliphatic heterocycles. The first-order valence-electron chi connectivity index (χ1n) is 4.12. The van der Waals surface area contributed by atoms with E-state index in [4.69, 9.17) is 10.2 Å². The molecule has 5 heteroatoms. The zero-order valence-electron chi connectivity index (χ0n) is 7.82. The Bertz CT molecular complexity index is 319. The van der Waals surface area contributed by atoms with Crippen molar-refractivity contribution in [2.45, 2.75) is 13.8 Å². The van der Waals surface area contributed by atoms with E-state index < -0.39 is 35.0 Å². The van der Waals surface area contributed by atoms with Crippen molar-refractivity contribution in [1.29, 1.82) is 0 Å². The van der Waals surface area contributed by atoms with Gasteiger partial charge in [-0.2, -0.15) is 4.39 Å². The summed E-state index contributed by atoms with van der Waals surface area (Å²) in [4.78, 5) is 20.8. The molecule has 0 heterocycles. The van der Waals surface area contributed by atoms with Crippen LogP contribution >= 0.6 is 0 Å². The quantitative estimate of drug-likeness (QED) is 0.676. The van der Waals surface area contributed by atoms with E-state index in [1.165, 1.54) is 0 Å². The Kier molecular flexibility index (Phi) is 2.35. The Morgan fingerprint density at radius 3 is 2.14 bits per heavy atom. The van der Waals surface area contributed by atoms with E-state index in [0.29, 0.717) is 0 Å². The molecule has 0 aromatic rings. The third-order valence-electron chi connectivity index (χ3n) is 2.71. The number of allylic oxidation sites excluding steroid dienone is 1. The Morgan fingerprint density at radius 1 is 1.36 bits per heavy atom. The standard InChI is InChI=1S/C9H11FO4/c1-9(2)4(6(9)8(13)14)3-5(10)7(11)12/h3-4,6H,1-2H3,(H,11,12)(H,13,14)/t4-,6+/m1/s1. The van der Waals surface area contributed by atoms with Gasteiger partial charge in [0.05, 0.1) is 5.92 Å². The summed E-state index contributed by atoms with van der Waals surface area (Å²) < 4.78 is 12.7. The van der Waals surface area contributed by atoms with Gasteiger partial charge in [-0.05, 0) is 17.4 Å². The maximum Gasteiger partial charge on any atom is 0.364 e. The van der Waals surface area contributed by atoms with Crippen LogP contribution in [0.1, 0.15) is 13.8 Å². The van der Waals surface area contributed by atoms with Crippen molar-refractivity contribution in [3.63, 3.8) is 0 Å². The lowest BCUT2D eigenvalue weighted by atomic mass is 10.1. The van der Waals surface area contributed by atoms with Crippen LogP contribution in [0.5, 0.6) is 0 Å². The molecule has 0 amide bonds. The number of rotatable bonds is 3. The van der Waals surface area contributed by atoms with Crippen molar-refractivity contribution in [3.8, 4) is 0 Å². The molecule has 0 aromatic carbocycles. The Labute approximate surface area is 80.0 Å². The van der Waals surface area contributed by atoms with E-state index in [0.717, 1.165) is 6.08 Å². The number of hydrogen-bond donors (Lipinski definition) is 2. The monoisotopic (exact) mass is 202 g/mol. The van der Waals surface area contributed by atoms with Gasteiger partial charge in [-0.1, -0.05) is 13.8 Å². The fraction of sp³-hybridized carbons (Fsp3) is 0.556. The Morgan fingerprint density at radius 2 is 1.86 bits per heavy atom. The van der Waals surface area contributed by atoms with E-state index in [1.807, 2.05) is 0 Å². The van der Waals surface area contributed by atoms with Crippen molar-refractivity contribution >= 4 is 11.9 Å². The van der Waals surface area contributed by atoms with Crippen molar-refractivity contribution in [1.82, 2.24) is 0 Å². The SMILES string of the molecule is CC1(C)[C@H](C=C(F)C(=O)O)[C@H]1C(=O)O. The Balaban J connectivity index is 2.80. The molecule has 0 radical (unpaired) electrons. The van der Waals surface area contributed by atoms with Crippen molar-refractivity contribution in [2.75, 3.05) is 0 Å². The second kappa shape index (κ2) is 3.08. The van der Waals surface area contributed by atoms with Gasteiger partial charge in [-0.3, -0.25) is 4.79 Å². The summed E-state index contributed by atoms with van der Waals surface area (Å²) in [6.07, 6.45) is 0.876. The van der Waals surface area contributed by atoms with Gasteiger partial charge in [0.15, 0.2) is 0 Å². The number of carbonyl (C=O) groups is 2. The van der Waals surface area contributed by atoms with Crippen molar-refractivity contribution < 1.29 is 24.2 Å². The zero-order chi connectivity index (χ0) is 11.1. The average molecular weight is 202 g/mol. The second-order valence-corrected chi connectivity index (χ2v) is 3.98. The predicted octanol–water partition coefficient (Wildman–Crippen LogP) is 1.28. The first kappa shape index (κ1) is 10.7. The molecule has 0 aromatic heterocycles. The molecule has 1 rings (SSSR count). The van der Waals surface area contributed by atoms with Gasteiger partial charge in [0, 0.05) is 0 Å². The summed E-state index contributed by atoms with van der Waals surface area (Å²) >= 11 is 0. The van der Waals surface area contributed by atoms with Crippen LogP contribution in [0.3, 0.4) is 0 Å².